The molecule has 19 heavy (non-hydrogen) atoms. The minimum Gasteiger partial charge on any atom is -0.383 e. The molecule has 1 atom stereocenters. The third-order valence-corrected chi connectivity index (χ3v) is 4.14. The summed E-state index contributed by atoms with van der Waals surface area (Å²) in [5, 5.41) is 4.15. The Balaban J connectivity index is 2.08. The van der Waals surface area contributed by atoms with E-state index in [2.05, 4.69) is 42.8 Å². The maximum absolute atomic E-state index is 5.97. The molecule has 0 bridgehead atoms. The number of nitrogens with zero attached hydrogens (tertiary/aromatic N) is 5. The first-order chi connectivity index (χ1) is 9.16. The predicted molar refractivity (Wildman–Crippen MR) is 77.3 cm³/mol. The Morgan fingerprint density at radius 2 is 2.26 bits per heavy atom. The SMILES string of the molecule is CC1CCCN1c1nc(-n2cccn2)nc(N)c1Br. The molecule has 6 nitrogen and oxygen atoms in total. The van der Waals surface area contributed by atoms with E-state index < -0.39 is 0 Å². The van der Waals surface area contributed by atoms with Gasteiger partial charge < -0.3 is 10.6 Å². The number of aromatic nitrogens is 4. The van der Waals surface area contributed by atoms with E-state index in [1.807, 2.05) is 6.07 Å². The topological polar surface area (TPSA) is 72.9 Å². The zero-order valence-electron chi connectivity index (χ0n) is 10.6. The molecule has 1 saturated heterocycles. The van der Waals surface area contributed by atoms with Gasteiger partial charge in [-0.05, 0) is 41.8 Å². The van der Waals surface area contributed by atoms with Crippen LogP contribution in [0.3, 0.4) is 0 Å². The number of nitrogen functional groups attached to an aromatic ring is 1. The highest BCUT2D eigenvalue weighted by Crippen LogP contribution is 2.33. The van der Waals surface area contributed by atoms with Crippen LogP contribution in [0.2, 0.25) is 0 Å². The normalized spacial score (nSPS) is 19.1. The molecule has 0 aromatic carbocycles. The van der Waals surface area contributed by atoms with Crippen LogP contribution in [-0.2, 0) is 0 Å². The summed E-state index contributed by atoms with van der Waals surface area (Å²) in [5.41, 5.74) is 5.97. The lowest BCUT2D eigenvalue weighted by atomic mass is 10.2. The fourth-order valence-corrected chi connectivity index (χ4v) is 2.77. The molecule has 0 radical (unpaired) electrons. The first kappa shape index (κ1) is 12.4. The summed E-state index contributed by atoms with van der Waals surface area (Å²) in [6.07, 6.45) is 5.85. The Morgan fingerprint density at radius 3 is 2.89 bits per heavy atom. The van der Waals surface area contributed by atoms with Gasteiger partial charge in [0.25, 0.3) is 5.95 Å². The van der Waals surface area contributed by atoms with E-state index >= 15 is 0 Å². The van der Waals surface area contributed by atoms with Crippen LogP contribution in [0.25, 0.3) is 5.95 Å². The van der Waals surface area contributed by atoms with Crippen molar-refractivity contribution >= 4 is 27.6 Å². The van der Waals surface area contributed by atoms with Gasteiger partial charge in [0, 0.05) is 25.0 Å². The lowest BCUT2D eigenvalue weighted by molar-refractivity contribution is 0.717. The van der Waals surface area contributed by atoms with Crippen LogP contribution in [-0.4, -0.2) is 32.3 Å². The molecule has 1 fully saturated rings. The minimum absolute atomic E-state index is 0.439. The standard InChI is InChI=1S/C12H15BrN6/c1-8-4-2-6-18(8)11-9(13)10(14)16-12(17-11)19-7-3-5-15-19/h3,5,7-8H,2,4,6H2,1H3,(H2,14,16,17). The summed E-state index contributed by atoms with van der Waals surface area (Å²) in [6, 6.07) is 2.30. The summed E-state index contributed by atoms with van der Waals surface area (Å²) in [5.74, 6) is 1.79. The van der Waals surface area contributed by atoms with Crippen molar-refractivity contribution in [1.29, 1.82) is 0 Å². The van der Waals surface area contributed by atoms with E-state index in [-0.39, 0.29) is 0 Å². The van der Waals surface area contributed by atoms with Crippen molar-refractivity contribution in [3.05, 3.63) is 22.9 Å². The molecule has 1 aliphatic rings. The van der Waals surface area contributed by atoms with E-state index in [0.717, 1.165) is 16.8 Å². The van der Waals surface area contributed by atoms with Crippen LogP contribution < -0.4 is 10.6 Å². The van der Waals surface area contributed by atoms with Crippen LogP contribution >= 0.6 is 15.9 Å². The van der Waals surface area contributed by atoms with Gasteiger partial charge in [-0.1, -0.05) is 0 Å². The summed E-state index contributed by atoms with van der Waals surface area (Å²) in [6.45, 7) is 3.19. The summed E-state index contributed by atoms with van der Waals surface area (Å²) < 4.78 is 2.38. The summed E-state index contributed by atoms with van der Waals surface area (Å²) >= 11 is 3.49. The van der Waals surface area contributed by atoms with E-state index in [9.17, 15) is 0 Å². The first-order valence-corrected chi connectivity index (χ1v) is 7.06. The zero-order chi connectivity index (χ0) is 13.4. The summed E-state index contributed by atoms with van der Waals surface area (Å²) in [4.78, 5) is 11.1. The number of hydrogen-bond donors (Lipinski definition) is 1. The van der Waals surface area contributed by atoms with Crippen molar-refractivity contribution in [2.75, 3.05) is 17.2 Å². The summed E-state index contributed by atoms with van der Waals surface area (Å²) in [7, 11) is 0. The first-order valence-electron chi connectivity index (χ1n) is 6.26. The van der Waals surface area contributed by atoms with Gasteiger partial charge in [-0.3, -0.25) is 0 Å². The van der Waals surface area contributed by atoms with Crippen LogP contribution in [0.1, 0.15) is 19.8 Å². The molecule has 7 heteroatoms. The smallest absolute Gasteiger partial charge is 0.254 e. The maximum Gasteiger partial charge on any atom is 0.254 e. The quantitative estimate of drug-likeness (QED) is 0.915. The highest BCUT2D eigenvalue weighted by atomic mass is 79.9. The molecule has 3 heterocycles. The molecule has 3 rings (SSSR count). The van der Waals surface area contributed by atoms with Crippen molar-refractivity contribution < 1.29 is 0 Å². The Kier molecular flexibility index (Phi) is 3.14. The van der Waals surface area contributed by atoms with Crippen molar-refractivity contribution in [3.63, 3.8) is 0 Å². The Hall–Kier alpha value is -1.63. The molecule has 0 saturated carbocycles. The van der Waals surface area contributed by atoms with Gasteiger partial charge in [0.1, 0.15) is 10.3 Å². The van der Waals surface area contributed by atoms with Gasteiger partial charge in [-0.2, -0.15) is 15.1 Å². The van der Waals surface area contributed by atoms with Gasteiger partial charge in [0.15, 0.2) is 5.82 Å². The van der Waals surface area contributed by atoms with Crippen LogP contribution in [0.5, 0.6) is 0 Å². The highest BCUT2D eigenvalue weighted by Gasteiger charge is 2.25. The predicted octanol–water partition coefficient (Wildman–Crippen LogP) is 2.00. The van der Waals surface area contributed by atoms with E-state index in [0.29, 0.717) is 17.8 Å². The van der Waals surface area contributed by atoms with Gasteiger partial charge in [-0.15, -0.1) is 0 Å². The molecule has 2 aromatic heterocycles. The Labute approximate surface area is 119 Å². The van der Waals surface area contributed by atoms with Crippen molar-refractivity contribution in [1.82, 2.24) is 19.7 Å². The fraction of sp³-hybridized carbons (Fsp3) is 0.417. The Bertz CT molecular complexity index is 582. The number of anilines is 2. The van der Waals surface area contributed by atoms with Gasteiger partial charge in [-0.25, -0.2) is 4.68 Å². The minimum atomic E-state index is 0.439. The molecule has 1 aliphatic heterocycles. The molecule has 2 aromatic rings. The van der Waals surface area contributed by atoms with Crippen LogP contribution in [0.15, 0.2) is 22.9 Å². The van der Waals surface area contributed by atoms with Crippen LogP contribution in [0, 0.1) is 0 Å². The highest BCUT2D eigenvalue weighted by molar-refractivity contribution is 9.10. The average molecular weight is 323 g/mol. The average Bonchev–Trinajstić information content (AvgIpc) is 3.04. The third kappa shape index (κ3) is 2.18. The lowest BCUT2D eigenvalue weighted by Gasteiger charge is -2.24. The van der Waals surface area contributed by atoms with E-state index in [4.69, 9.17) is 5.73 Å². The monoisotopic (exact) mass is 322 g/mol. The second-order valence-corrected chi connectivity index (χ2v) is 5.47. The van der Waals surface area contributed by atoms with E-state index in [1.54, 1.807) is 17.1 Å². The second kappa shape index (κ2) is 4.80. The van der Waals surface area contributed by atoms with Gasteiger partial charge in [0.2, 0.25) is 0 Å². The molecular weight excluding hydrogens is 308 g/mol. The number of nitrogens with two attached hydrogens (primary N) is 1. The third-order valence-electron chi connectivity index (χ3n) is 3.38. The van der Waals surface area contributed by atoms with Crippen molar-refractivity contribution in [3.8, 4) is 5.95 Å². The number of halogens is 1. The molecular formula is C12H15BrN6. The van der Waals surface area contributed by atoms with Gasteiger partial charge >= 0.3 is 0 Å². The zero-order valence-corrected chi connectivity index (χ0v) is 12.2. The molecule has 100 valence electrons. The van der Waals surface area contributed by atoms with Crippen LogP contribution in [0.4, 0.5) is 11.6 Å². The van der Waals surface area contributed by atoms with E-state index in [1.165, 1.54) is 12.8 Å². The largest absolute Gasteiger partial charge is 0.383 e. The van der Waals surface area contributed by atoms with Gasteiger partial charge in [0.05, 0.1) is 0 Å². The fourth-order valence-electron chi connectivity index (χ4n) is 2.37. The lowest BCUT2D eigenvalue weighted by Crippen LogP contribution is -2.28. The molecule has 2 N–H and O–H groups in total. The molecule has 1 unspecified atom stereocenters. The number of hydrogen-bond acceptors (Lipinski definition) is 5. The second-order valence-electron chi connectivity index (χ2n) is 4.68. The molecule has 0 spiro atoms. The van der Waals surface area contributed by atoms with Crippen molar-refractivity contribution in [2.24, 2.45) is 0 Å². The van der Waals surface area contributed by atoms with Crippen molar-refractivity contribution in [2.45, 2.75) is 25.8 Å². The molecule has 0 amide bonds. The Morgan fingerprint density at radius 1 is 1.42 bits per heavy atom. The number of rotatable bonds is 2. The molecule has 0 aliphatic carbocycles. The maximum atomic E-state index is 5.97.